The molecule has 0 heterocycles. The van der Waals surface area contributed by atoms with Gasteiger partial charge in [-0.2, -0.15) is 0 Å². The number of hydrogen-bond donors (Lipinski definition) is 2. The molecular formula is C8H14N2O3. The first-order chi connectivity index (χ1) is 5.99. The number of amides is 1. The van der Waals surface area contributed by atoms with E-state index in [1.54, 1.807) is 14.1 Å². The molecule has 1 aliphatic rings. The minimum Gasteiger partial charge on any atom is -0.480 e. The van der Waals surface area contributed by atoms with E-state index in [2.05, 4.69) is 5.43 Å². The molecule has 0 aromatic rings. The molecule has 74 valence electrons. The molecule has 2 N–H and O–H groups in total. The smallest absolute Gasteiger partial charge is 0.319 e. The summed E-state index contributed by atoms with van der Waals surface area (Å²) in [7, 11) is 3.32. The first-order valence-corrected chi connectivity index (χ1v) is 4.21. The van der Waals surface area contributed by atoms with Crippen LogP contribution in [0.2, 0.25) is 0 Å². The number of rotatable bonds is 3. The first kappa shape index (κ1) is 9.98. The third-order valence-electron chi connectivity index (χ3n) is 2.38. The van der Waals surface area contributed by atoms with Gasteiger partial charge in [0.15, 0.2) is 0 Å². The van der Waals surface area contributed by atoms with Gasteiger partial charge in [-0.15, -0.1) is 0 Å². The Balaban J connectivity index is 2.66. The van der Waals surface area contributed by atoms with Crippen molar-refractivity contribution in [2.45, 2.75) is 19.3 Å². The van der Waals surface area contributed by atoms with Gasteiger partial charge in [0.1, 0.15) is 5.41 Å². The van der Waals surface area contributed by atoms with Gasteiger partial charge in [-0.05, 0) is 12.8 Å². The van der Waals surface area contributed by atoms with E-state index in [0.29, 0.717) is 12.8 Å². The highest BCUT2D eigenvalue weighted by molar-refractivity contribution is 6.02. The number of carboxylic acids is 1. The summed E-state index contributed by atoms with van der Waals surface area (Å²) in [4.78, 5) is 22.3. The van der Waals surface area contributed by atoms with Gasteiger partial charge in [-0.1, -0.05) is 6.42 Å². The first-order valence-electron chi connectivity index (χ1n) is 4.21. The zero-order valence-electron chi connectivity index (χ0n) is 7.83. The van der Waals surface area contributed by atoms with Crippen LogP contribution < -0.4 is 5.43 Å². The second-order valence-corrected chi connectivity index (χ2v) is 3.58. The maximum Gasteiger partial charge on any atom is 0.319 e. The predicted octanol–water partition coefficient (Wildman–Crippen LogP) is -0.166. The van der Waals surface area contributed by atoms with Crippen LogP contribution in [0, 0.1) is 5.41 Å². The maximum atomic E-state index is 11.5. The molecule has 0 aromatic heterocycles. The lowest BCUT2D eigenvalue weighted by molar-refractivity contribution is -0.163. The highest BCUT2D eigenvalue weighted by Crippen LogP contribution is 2.41. The molecular weight excluding hydrogens is 172 g/mol. The summed E-state index contributed by atoms with van der Waals surface area (Å²) < 4.78 is 0. The van der Waals surface area contributed by atoms with E-state index in [1.165, 1.54) is 5.01 Å². The maximum absolute atomic E-state index is 11.5. The van der Waals surface area contributed by atoms with E-state index < -0.39 is 17.3 Å². The summed E-state index contributed by atoms with van der Waals surface area (Å²) in [5, 5.41) is 10.4. The van der Waals surface area contributed by atoms with Gasteiger partial charge in [0.25, 0.3) is 5.91 Å². The minimum absolute atomic E-state index is 0.406. The Hall–Kier alpha value is -1.10. The zero-order valence-corrected chi connectivity index (χ0v) is 7.83. The minimum atomic E-state index is -1.16. The Bertz CT molecular complexity index is 234. The van der Waals surface area contributed by atoms with Crippen molar-refractivity contribution in [3.63, 3.8) is 0 Å². The Kier molecular flexibility index (Phi) is 2.56. The van der Waals surface area contributed by atoms with Crippen LogP contribution in [0.5, 0.6) is 0 Å². The fraction of sp³-hybridized carbons (Fsp3) is 0.750. The van der Waals surface area contributed by atoms with Gasteiger partial charge in [-0.3, -0.25) is 15.0 Å². The summed E-state index contributed by atoms with van der Waals surface area (Å²) in [6.07, 6.45) is 1.71. The molecule has 1 rings (SSSR count). The molecule has 1 saturated carbocycles. The molecule has 1 amide bonds. The predicted molar refractivity (Wildman–Crippen MR) is 45.7 cm³/mol. The van der Waals surface area contributed by atoms with Crippen LogP contribution in [0.15, 0.2) is 0 Å². The Morgan fingerprint density at radius 2 is 1.92 bits per heavy atom. The highest BCUT2D eigenvalue weighted by atomic mass is 16.4. The van der Waals surface area contributed by atoms with Crippen LogP contribution in [0.4, 0.5) is 0 Å². The molecule has 5 nitrogen and oxygen atoms in total. The molecule has 0 radical (unpaired) electrons. The van der Waals surface area contributed by atoms with Crippen LogP contribution in [0.25, 0.3) is 0 Å². The van der Waals surface area contributed by atoms with Crippen LogP contribution in [-0.2, 0) is 9.59 Å². The normalized spacial score (nSPS) is 19.3. The molecule has 0 bridgehead atoms. The van der Waals surface area contributed by atoms with Crippen molar-refractivity contribution in [1.29, 1.82) is 0 Å². The molecule has 0 spiro atoms. The lowest BCUT2D eigenvalue weighted by atomic mass is 9.68. The number of carbonyl (C=O) groups excluding carboxylic acids is 1. The fourth-order valence-corrected chi connectivity index (χ4v) is 1.38. The largest absolute Gasteiger partial charge is 0.480 e. The van der Waals surface area contributed by atoms with E-state index in [0.717, 1.165) is 6.42 Å². The van der Waals surface area contributed by atoms with Crippen molar-refractivity contribution in [3.8, 4) is 0 Å². The molecule has 0 saturated heterocycles. The zero-order chi connectivity index (χ0) is 10.1. The second kappa shape index (κ2) is 3.33. The van der Waals surface area contributed by atoms with E-state index in [4.69, 9.17) is 5.11 Å². The van der Waals surface area contributed by atoms with Crippen LogP contribution in [0.3, 0.4) is 0 Å². The van der Waals surface area contributed by atoms with E-state index >= 15 is 0 Å². The average Bonchev–Trinajstić information content (AvgIpc) is 1.79. The molecule has 1 aliphatic carbocycles. The standard InChI is InChI=1S/C8H14N2O3/c1-10(2)9-6(11)8(7(12)13)4-3-5-8/h3-5H2,1-2H3,(H,9,11)(H,12,13). The van der Waals surface area contributed by atoms with Crippen molar-refractivity contribution >= 4 is 11.9 Å². The number of hydrogen-bond acceptors (Lipinski definition) is 3. The van der Waals surface area contributed by atoms with Gasteiger partial charge in [0.05, 0.1) is 0 Å². The van der Waals surface area contributed by atoms with Gasteiger partial charge in [0.2, 0.25) is 0 Å². The lowest BCUT2D eigenvalue weighted by Gasteiger charge is -2.36. The number of carboxylic acid groups (broad SMARTS) is 1. The molecule has 0 atom stereocenters. The molecule has 0 unspecified atom stereocenters. The fourth-order valence-electron chi connectivity index (χ4n) is 1.38. The molecule has 1 fully saturated rings. The lowest BCUT2D eigenvalue weighted by Crippen LogP contribution is -2.54. The van der Waals surface area contributed by atoms with Crippen molar-refractivity contribution < 1.29 is 14.7 Å². The summed E-state index contributed by atoms with van der Waals surface area (Å²) in [6.45, 7) is 0. The summed E-state index contributed by atoms with van der Waals surface area (Å²) in [5.74, 6) is -1.42. The van der Waals surface area contributed by atoms with Crippen molar-refractivity contribution in [3.05, 3.63) is 0 Å². The van der Waals surface area contributed by atoms with Gasteiger partial charge < -0.3 is 5.11 Å². The van der Waals surface area contributed by atoms with Crippen molar-refractivity contribution in [1.82, 2.24) is 10.4 Å². The number of carbonyl (C=O) groups is 2. The SMILES string of the molecule is CN(C)NC(=O)C1(C(=O)O)CCC1. The highest BCUT2D eigenvalue weighted by Gasteiger charge is 2.51. The molecule has 0 aliphatic heterocycles. The quantitative estimate of drug-likeness (QED) is 0.474. The monoisotopic (exact) mass is 186 g/mol. The summed E-state index contributed by atoms with van der Waals surface area (Å²) >= 11 is 0. The van der Waals surface area contributed by atoms with Gasteiger partial charge in [0, 0.05) is 14.1 Å². The summed E-state index contributed by atoms with van der Waals surface area (Å²) in [6, 6.07) is 0. The van der Waals surface area contributed by atoms with Crippen LogP contribution in [0.1, 0.15) is 19.3 Å². The van der Waals surface area contributed by atoms with Gasteiger partial charge >= 0.3 is 5.97 Å². The molecule has 5 heteroatoms. The Morgan fingerprint density at radius 3 is 2.15 bits per heavy atom. The summed E-state index contributed by atoms with van der Waals surface area (Å²) in [5.41, 5.74) is 1.32. The van der Waals surface area contributed by atoms with Crippen molar-refractivity contribution in [2.75, 3.05) is 14.1 Å². The number of nitrogens with zero attached hydrogens (tertiary/aromatic N) is 1. The second-order valence-electron chi connectivity index (χ2n) is 3.58. The molecule has 13 heavy (non-hydrogen) atoms. The van der Waals surface area contributed by atoms with E-state index in [1.807, 2.05) is 0 Å². The molecule has 0 aromatic carbocycles. The van der Waals surface area contributed by atoms with Crippen LogP contribution in [-0.4, -0.2) is 36.1 Å². The van der Waals surface area contributed by atoms with E-state index in [9.17, 15) is 9.59 Å². The van der Waals surface area contributed by atoms with Gasteiger partial charge in [-0.25, -0.2) is 5.01 Å². The van der Waals surface area contributed by atoms with Crippen molar-refractivity contribution in [2.24, 2.45) is 5.41 Å². The third kappa shape index (κ3) is 1.65. The van der Waals surface area contributed by atoms with E-state index in [-0.39, 0.29) is 0 Å². The third-order valence-corrected chi connectivity index (χ3v) is 2.38. The average molecular weight is 186 g/mol. The Labute approximate surface area is 76.7 Å². The number of nitrogens with one attached hydrogen (secondary N) is 1. The Morgan fingerprint density at radius 1 is 1.38 bits per heavy atom. The number of hydrazine groups is 1. The van der Waals surface area contributed by atoms with Crippen LogP contribution >= 0.6 is 0 Å². The topological polar surface area (TPSA) is 69.6 Å². The number of aliphatic carboxylic acids is 1.